The van der Waals surface area contributed by atoms with Gasteiger partial charge in [-0.1, -0.05) is 91.0 Å². The molecule has 0 bridgehead atoms. The molecule has 4 aromatic carbocycles. The lowest BCUT2D eigenvalue weighted by Gasteiger charge is -2.05. The maximum Gasteiger partial charge on any atom is 0.193 e. The van der Waals surface area contributed by atoms with Crippen molar-refractivity contribution in [2.75, 3.05) is 0 Å². The Morgan fingerprint density at radius 3 is 1.89 bits per heavy atom. The van der Waals surface area contributed by atoms with E-state index in [1.165, 1.54) is 12.1 Å². The molecule has 2 aromatic heterocycles. The molecule has 0 fully saturated rings. The van der Waals surface area contributed by atoms with E-state index in [0.29, 0.717) is 16.8 Å². The van der Waals surface area contributed by atoms with Crippen LogP contribution in [0.5, 0.6) is 0 Å². The van der Waals surface area contributed by atoms with E-state index < -0.39 is 0 Å². The van der Waals surface area contributed by atoms with Crippen molar-refractivity contribution in [3.05, 3.63) is 132 Å². The van der Waals surface area contributed by atoms with Crippen LogP contribution in [-0.4, -0.2) is 21.0 Å². The van der Waals surface area contributed by atoms with Crippen molar-refractivity contribution in [2.24, 2.45) is 0 Å². The molecule has 6 rings (SSSR count). The SMILES string of the molecule is O=C(c1ccccc1)c1ccc(-c2ccc3c(-c4ccc(-c5ccc(F)cc5)cc4)[nH]nc3n2)cc1. The summed E-state index contributed by atoms with van der Waals surface area (Å²) in [6.45, 7) is 0. The number of aromatic amines is 1. The molecular weight excluding hydrogens is 449 g/mol. The number of aromatic nitrogens is 3. The lowest BCUT2D eigenvalue weighted by atomic mass is 10.0. The first-order valence-corrected chi connectivity index (χ1v) is 11.6. The fourth-order valence-corrected chi connectivity index (χ4v) is 4.30. The summed E-state index contributed by atoms with van der Waals surface area (Å²) < 4.78 is 13.2. The van der Waals surface area contributed by atoms with E-state index in [4.69, 9.17) is 4.98 Å². The Morgan fingerprint density at radius 1 is 0.611 bits per heavy atom. The highest BCUT2D eigenvalue weighted by atomic mass is 19.1. The van der Waals surface area contributed by atoms with Gasteiger partial charge >= 0.3 is 0 Å². The van der Waals surface area contributed by atoms with Gasteiger partial charge in [0.2, 0.25) is 0 Å². The zero-order valence-electron chi connectivity index (χ0n) is 19.2. The van der Waals surface area contributed by atoms with Crippen LogP contribution in [0.25, 0.3) is 44.7 Å². The second-order valence-corrected chi connectivity index (χ2v) is 8.52. The van der Waals surface area contributed by atoms with Crippen LogP contribution in [0.4, 0.5) is 4.39 Å². The maximum atomic E-state index is 13.2. The summed E-state index contributed by atoms with van der Waals surface area (Å²) in [6.07, 6.45) is 0. The summed E-state index contributed by atoms with van der Waals surface area (Å²) in [5.74, 6) is -0.254. The number of carbonyl (C=O) groups excluding carboxylic acids is 1. The Bertz CT molecular complexity index is 1670. The van der Waals surface area contributed by atoms with Crippen LogP contribution in [0, 0.1) is 5.82 Å². The number of halogens is 1. The number of nitrogens with one attached hydrogen (secondary N) is 1. The number of fused-ring (bicyclic) bond motifs is 1. The fourth-order valence-electron chi connectivity index (χ4n) is 4.30. The normalized spacial score (nSPS) is 11.0. The average molecular weight is 470 g/mol. The molecule has 0 atom stereocenters. The molecule has 0 aliphatic heterocycles. The molecule has 0 radical (unpaired) electrons. The number of hydrogen-bond acceptors (Lipinski definition) is 3. The third-order valence-electron chi connectivity index (χ3n) is 6.25. The molecule has 0 saturated heterocycles. The molecule has 1 N–H and O–H groups in total. The van der Waals surface area contributed by atoms with Crippen molar-refractivity contribution >= 4 is 16.8 Å². The first-order chi connectivity index (χ1) is 17.7. The van der Waals surface area contributed by atoms with Crippen molar-refractivity contribution in [2.45, 2.75) is 0 Å². The Labute approximate surface area is 207 Å². The van der Waals surface area contributed by atoms with E-state index in [1.54, 1.807) is 12.1 Å². The minimum Gasteiger partial charge on any atom is -0.289 e. The van der Waals surface area contributed by atoms with Gasteiger partial charge in [-0.25, -0.2) is 9.37 Å². The molecule has 0 aliphatic carbocycles. The molecule has 36 heavy (non-hydrogen) atoms. The van der Waals surface area contributed by atoms with E-state index in [9.17, 15) is 9.18 Å². The minimum atomic E-state index is -0.247. The molecule has 4 nitrogen and oxygen atoms in total. The van der Waals surface area contributed by atoms with Gasteiger partial charge in [-0.15, -0.1) is 0 Å². The zero-order valence-corrected chi connectivity index (χ0v) is 19.2. The average Bonchev–Trinajstić information content (AvgIpc) is 3.37. The van der Waals surface area contributed by atoms with Gasteiger partial charge in [0.05, 0.1) is 11.4 Å². The number of rotatable bonds is 5. The molecule has 6 aromatic rings. The van der Waals surface area contributed by atoms with Crippen molar-refractivity contribution in [1.82, 2.24) is 15.2 Å². The molecule has 2 heterocycles. The van der Waals surface area contributed by atoms with E-state index in [1.807, 2.05) is 91.0 Å². The van der Waals surface area contributed by atoms with Gasteiger partial charge in [-0.05, 0) is 35.4 Å². The number of hydrogen-bond donors (Lipinski definition) is 1. The van der Waals surface area contributed by atoms with Crippen LogP contribution in [0.15, 0.2) is 115 Å². The van der Waals surface area contributed by atoms with Gasteiger partial charge in [0.25, 0.3) is 0 Å². The predicted molar refractivity (Wildman–Crippen MR) is 140 cm³/mol. The van der Waals surface area contributed by atoms with Crippen LogP contribution in [-0.2, 0) is 0 Å². The van der Waals surface area contributed by atoms with Gasteiger partial charge < -0.3 is 0 Å². The zero-order chi connectivity index (χ0) is 24.5. The summed E-state index contributed by atoms with van der Waals surface area (Å²) >= 11 is 0. The summed E-state index contributed by atoms with van der Waals surface area (Å²) in [4.78, 5) is 17.4. The van der Waals surface area contributed by atoms with Crippen LogP contribution in [0.3, 0.4) is 0 Å². The highest BCUT2D eigenvalue weighted by Crippen LogP contribution is 2.30. The van der Waals surface area contributed by atoms with Crippen molar-refractivity contribution in [1.29, 1.82) is 0 Å². The van der Waals surface area contributed by atoms with Crippen LogP contribution >= 0.6 is 0 Å². The largest absolute Gasteiger partial charge is 0.289 e. The Kier molecular flexibility index (Phi) is 5.43. The minimum absolute atomic E-state index is 0.00653. The second-order valence-electron chi connectivity index (χ2n) is 8.52. The molecule has 5 heteroatoms. The number of nitrogens with zero attached hydrogens (tertiary/aromatic N) is 2. The number of H-pyrrole nitrogens is 1. The standard InChI is InChI=1S/C31H20FN3O/c32-26-16-14-21(15-17-26)20-6-10-23(11-7-20)29-27-18-19-28(33-31(27)35-34-29)22-8-12-25(13-9-22)30(36)24-4-2-1-3-5-24/h1-19H,(H,33,34,35). The lowest BCUT2D eigenvalue weighted by Crippen LogP contribution is -2.00. The van der Waals surface area contributed by atoms with Crippen molar-refractivity contribution < 1.29 is 9.18 Å². The van der Waals surface area contributed by atoms with Gasteiger partial charge in [-0.3, -0.25) is 9.89 Å². The Morgan fingerprint density at radius 2 is 1.19 bits per heavy atom. The summed E-state index contributed by atoms with van der Waals surface area (Å²) in [5, 5.41) is 8.46. The highest BCUT2D eigenvalue weighted by molar-refractivity contribution is 6.09. The van der Waals surface area contributed by atoms with E-state index in [2.05, 4.69) is 10.2 Å². The van der Waals surface area contributed by atoms with E-state index in [0.717, 1.165) is 39.0 Å². The van der Waals surface area contributed by atoms with E-state index in [-0.39, 0.29) is 11.6 Å². The molecule has 0 aliphatic rings. The monoisotopic (exact) mass is 469 g/mol. The summed E-state index contributed by atoms with van der Waals surface area (Å²) in [6, 6.07) is 35.2. The van der Waals surface area contributed by atoms with Crippen LogP contribution in [0.1, 0.15) is 15.9 Å². The molecule has 0 amide bonds. The molecule has 0 saturated carbocycles. The Hall–Kier alpha value is -4.90. The lowest BCUT2D eigenvalue weighted by molar-refractivity contribution is 0.103. The molecular formula is C31H20FN3O. The highest BCUT2D eigenvalue weighted by Gasteiger charge is 2.12. The smallest absolute Gasteiger partial charge is 0.193 e. The van der Waals surface area contributed by atoms with Gasteiger partial charge in [0.1, 0.15) is 5.82 Å². The van der Waals surface area contributed by atoms with Crippen molar-refractivity contribution in [3.63, 3.8) is 0 Å². The maximum absolute atomic E-state index is 13.2. The topological polar surface area (TPSA) is 58.6 Å². The van der Waals surface area contributed by atoms with Crippen LogP contribution in [0.2, 0.25) is 0 Å². The molecule has 0 spiro atoms. The first-order valence-electron chi connectivity index (χ1n) is 11.6. The van der Waals surface area contributed by atoms with Gasteiger partial charge in [0, 0.05) is 27.6 Å². The third kappa shape index (κ3) is 4.07. The fraction of sp³-hybridized carbons (Fsp3) is 0. The number of pyridine rings is 1. The van der Waals surface area contributed by atoms with Gasteiger partial charge in [-0.2, -0.15) is 5.10 Å². The van der Waals surface area contributed by atoms with Gasteiger partial charge in [0.15, 0.2) is 11.4 Å². The third-order valence-corrected chi connectivity index (χ3v) is 6.25. The van der Waals surface area contributed by atoms with E-state index >= 15 is 0 Å². The van der Waals surface area contributed by atoms with Crippen LogP contribution < -0.4 is 0 Å². The number of ketones is 1. The Balaban J connectivity index is 1.26. The predicted octanol–water partition coefficient (Wildman–Crippen LogP) is 7.33. The number of benzene rings is 4. The number of carbonyl (C=O) groups is 1. The second kappa shape index (κ2) is 9.04. The first kappa shape index (κ1) is 21.6. The molecule has 0 unspecified atom stereocenters. The quantitative estimate of drug-likeness (QED) is 0.269. The molecule has 172 valence electrons. The van der Waals surface area contributed by atoms with Crippen molar-refractivity contribution in [3.8, 4) is 33.6 Å². The summed E-state index contributed by atoms with van der Waals surface area (Å²) in [7, 11) is 0. The summed E-state index contributed by atoms with van der Waals surface area (Å²) in [5.41, 5.74) is 7.46.